The Morgan fingerprint density at radius 3 is 2.66 bits per heavy atom. The molecule has 156 valence electrons. The van der Waals surface area contributed by atoms with Crippen molar-refractivity contribution in [3.8, 4) is 11.5 Å². The zero-order valence-electron chi connectivity index (χ0n) is 16.9. The molecule has 0 saturated carbocycles. The molecule has 1 heterocycles. The van der Waals surface area contributed by atoms with E-state index in [2.05, 4.69) is 22.4 Å². The molecule has 6 heteroatoms. The molecule has 2 aromatic rings. The molecule has 0 spiro atoms. The topological polar surface area (TPSA) is 45.2 Å². The third-order valence-corrected chi connectivity index (χ3v) is 5.31. The molecule has 1 aliphatic heterocycles. The number of aliphatic hydroxyl groups is 1. The number of allylic oxidation sites excluding steroid dienone is 1. The zero-order valence-corrected chi connectivity index (χ0v) is 17.6. The van der Waals surface area contributed by atoms with Crippen molar-refractivity contribution in [2.75, 3.05) is 51.3 Å². The van der Waals surface area contributed by atoms with E-state index in [1.54, 1.807) is 7.11 Å². The van der Waals surface area contributed by atoms with Crippen LogP contribution < -0.4 is 14.4 Å². The molecule has 0 unspecified atom stereocenters. The van der Waals surface area contributed by atoms with E-state index in [1.165, 1.54) is 0 Å². The van der Waals surface area contributed by atoms with Crippen molar-refractivity contribution in [3.05, 3.63) is 65.7 Å². The van der Waals surface area contributed by atoms with Gasteiger partial charge in [-0.15, -0.1) is 6.58 Å². The average Bonchev–Trinajstić information content (AvgIpc) is 2.73. The maximum Gasteiger partial charge on any atom is 0.123 e. The van der Waals surface area contributed by atoms with Crippen LogP contribution in [0.1, 0.15) is 5.56 Å². The number of hydrogen-bond donors (Lipinski definition) is 1. The van der Waals surface area contributed by atoms with Crippen molar-refractivity contribution in [2.45, 2.75) is 12.5 Å². The lowest BCUT2D eigenvalue weighted by molar-refractivity contribution is 0.0660. The molecule has 1 saturated heterocycles. The van der Waals surface area contributed by atoms with Crippen LogP contribution >= 0.6 is 11.6 Å². The van der Waals surface area contributed by atoms with E-state index in [-0.39, 0.29) is 6.61 Å². The number of piperazine rings is 1. The van der Waals surface area contributed by atoms with E-state index in [0.29, 0.717) is 13.0 Å². The Kier molecular flexibility index (Phi) is 7.81. The summed E-state index contributed by atoms with van der Waals surface area (Å²) in [5.41, 5.74) is 2.15. The molecule has 0 aromatic heterocycles. The highest BCUT2D eigenvalue weighted by Crippen LogP contribution is 2.25. The van der Waals surface area contributed by atoms with Gasteiger partial charge in [-0.2, -0.15) is 0 Å². The van der Waals surface area contributed by atoms with Crippen LogP contribution in [0.5, 0.6) is 11.5 Å². The third-order valence-electron chi connectivity index (χ3n) is 5.08. The summed E-state index contributed by atoms with van der Waals surface area (Å²) in [4.78, 5) is 4.60. The van der Waals surface area contributed by atoms with Gasteiger partial charge in [0.2, 0.25) is 0 Å². The van der Waals surface area contributed by atoms with E-state index in [1.807, 2.05) is 42.5 Å². The van der Waals surface area contributed by atoms with Crippen molar-refractivity contribution in [1.29, 1.82) is 0 Å². The normalized spacial score (nSPS) is 15.8. The fourth-order valence-electron chi connectivity index (χ4n) is 3.54. The Morgan fingerprint density at radius 2 is 1.97 bits per heavy atom. The van der Waals surface area contributed by atoms with Crippen molar-refractivity contribution in [1.82, 2.24) is 4.90 Å². The Hall–Kier alpha value is -2.21. The Balaban J connectivity index is 1.47. The van der Waals surface area contributed by atoms with Crippen molar-refractivity contribution >= 4 is 17.3 Å². The Morgan fingerprint density at radius 1 is 1.17 bits per heavy atom. The van der Waals surface area contributed by atoms with Gasteiger partial charge in [0, 0.05) is 49.0 Å². The van der Waals surface area contributed by atoms with Gasteiger partial charge in [0.25, 0.3) is 0 Å². The average molecular weight is 417 g/mol. The smallest absolute Gasteiger partial charge is 0.123 e. The van der Waals surface area contributed by atoms with Gasteiger partial charge < -0.3 is 19.5 Å². The highest BCUT2D eigenvalue weighted by atomic mass is 35.5. The van der Waals surface area contributed by atoms with E-state index in [0.717, 1.165) is 54.0 Å². The van der Waals surface area contributed by atoms with Gasteiger partial charge >= 0.3 is 0 Å². The number of halogens is 1. The summed E-state index contributed by atoms with van der Waals surface area (Å²) in [6.45, 7) is 8.26. The Labute approximate surface area is 178 Å². The molecule has 1 atom stereocenters. The number of anilines is 1. The second-order valence-corrected chi connectivity index (χ2v) is 7.64. The number of nitrogens with zero attached hydrogens (tertiary/aromatic N) is 2. The van der Waals surface area contributed by atoms with Crippen molar-refractivity contribution in [3.63, 3.8) is 0 Å². The number of aliphatic hydroxyl groups excluding tert-OH is 1. The summed E-state index contributed by atoms with van der Waals surface area (Å²) in [5.74, 6) is 1.54. The van der Waals surface area contributed by atoms with Gasteiger partial charge in [0.15, 0.2) is 0 Å². The summed E-state index contributed by atoms with van der Waals surface area (Å²) >= 11 is 6.10. The minimum absolute atomic E-state index is 0.255. The fraction of sp³-hybridized carbons (Fsp3) is 0.391. The van der Waals surface area contributed by atoms with Gasteiger partial charge in [-0.05, 0) is 42.8 Å². The SMILES string of the molecule is C=CCc1cc(OC)ccc1OC[C@@H](O)CN1CCN(c2cccc(Cl)c2)CC1. The molecule has 0 radical (unpaired) electrons. The standard InChI is InChI=1S/C23H29ClN2O3/c1-3-5-18-14-22(28-2)8-9-23(18)29-17-21(27)16-25-10-12-26(13-11-25)20-7-4-6-19(24)15-20/h3-4,6-9,14-15,21,27H,1,5,10-13,16-17H2,2H3/t21-/m0/s1. The molecule has 29 heavy (non-hydrogen) atoms. The predicted molar refractivity (Wildman–Crippen MR) is 119 cm³/mol. The first-order chi connectivity index (χ1) is 14.1. The lowest BCUT2D eigenvalue weighted by Crippen LogP contribution is -2.49. The second kappa shape index (κ2) is 10.5. The molecule has 1 N–H and O–H groups in total. The van der Waals surface area contributed by atoms with E-state index in [9.17, 15) is 5.11 Å². The van der Waals surface area contributed by atoms with Gasteiger partial charge in [-0.25, -0.2) is 0 Å². The van der Waals surface area contributed by atoms with Crippen LogP contribution in [-0.2, 0) is 6.42 Å². The Bertz CT molecular complexity index is 806. The largest absolute Gasteiger partial charge is 0.497 e. The van der Waals surface area contributed by atoms with Crippen LogP contribution in [0.4, 0.5) is 5.69 Å². The first-order valence-electron chi connectivity index (χ1n) is 9.90. The van der Waals surface area contributed by atoms with Crippen LogP contribution in [0.3, 0.4) is 0 Å². The molecule has 0 aliphatic carbocycles. The summed E-state index contributed by atoms with van der Waals surface area (Å²) in [7, 11) is 1.64. The summed E-state index contributed by atoms with van der Waals surface area (Å²) in [6.07, 6.45) is 1.97. The van der Waals surface area contributed by atoms with Crippen LogP contribution in [-0.4, -0.2) is 62.6 Å². The molecule has 1 fully saturated rings. The van der Waals surface area contributed by atoms with Crippen molar-refractivity contribution < 1.29 is 14.6 Å². The summed E-state index contributed by atoms with van der Waals surface area (Å²) in [5, 5.41) is 11.2. The molecule has 1 aliphatic rings. The molecular weight excluding hydrogens is 388 g/mol. The first kappa shape index (κ1) is 21.5. The molecule has 3 rings (SSSR count). The number of rotatable bonds is 9. The maximum atomic E-state index is 10.5. The van der Waals surface area contributed by atoms with Gasteiger partial charge in [-0.1, -0.05) is 23.7 Å². The number of methoxy groups -OCH3 is 1. The quantitative estimate of drug-likeness (QED) is 0.632. The van der Waals surface area contributed by atoms with Gasteiger partial charge in [0.1, 0.15) is 24.2 Å². The number of hydrogen-bond acceptors (Lipinski definition) is 5. The molecule has 0 amide bonds. The number of β-amino-alcohol motifs (C(OH)–C–C–N with tert-alkyl or cyclic N) is 1. The van der Waals surface area contributed by atoms with Gasteiger partial charge in [0.05, 0.1) is 7.11 Å². The monoisotopic (exact) mass is 416 g/mol. The number of benzene rings is 2. The third kappa shape index (κ3) is 6.13. The minimum atomic E-state index is -0.550. The molecule has 0 bridgehead atoms. The maximum absolute atomic E-state index is 10.5. The van der Waals surface area contributed by atoms with Crippen LogP contribution in [0.25, 0.3) is 0 Å². The highest BCUT2D eigenvalue weighted by molar-refractivity contribution is 6.30. The minimum Gasteiger partial charge on any atom is -0.497 e. The summed E-state index contributed by atoms with van der Waals surface area (Å²) in [6, 6.07) is 13.6. The lowest BCUT2D eigenvalue weighted by atomic mass is 10.1. The van der Waals surface area contributed by atoms with Crippen molar-refractivity contribution in [2.24, 2.45) is 0 Å². The summed E-state index contributed by atoms with van der Waals surface area (Å²) < 4.78 is 11.2. The first-order valence-corrected chi connectivity index (χ1v) is 10.3. The lowest BCUT2D eigenvalue weighted by Gasteiger charge is -2.37. The molecule has 2 aromatic carbocycles. The van der Waals surface area contributed by atoms with E-state index < -0.39 is 6.10 Å². The van der Waals surface area contributed by atoms with E-state index in [4.69, 9.17) is 21.1 Å². The second-order valence-electron chi connectivity index (χ2n) is 7.20. The van der Waals surface area contributed by atoms with Crippen LogP contribution in [0.15, 0.2) is 55.1 Å². The predicted octanol–water partition coefficient (Wildman–Crippen LogP) is 3.64. The number of ether oxygens (including phenoxy) is 2. The van der Waals surface area contributed by atoms with E-state index >= 15 is 0 Å². The molecule has 5 nitrogen and oxygen atoms in total. The van der Waals surface area contributed by atoms with Gasteiger partial charge in [-0.3, -0.25) is 4.90 Å². The zero-order chi connectivity index (χ0) is 20.6. The van der Waals surface area contributed by atoms with Crippen LogP contribution in [0, 0.1) is 0 Å². The highest BCUT2D eigenvalue weighted by Gasteiger charge is 2.20. The molecular formula is C23H29ClN2O3. The fourth-order valence-corrected chi connectivity index (χ4v) is 3.72. The van der Waals surface area contributed by atoms with Crippen LogP contribution in [0.2, 0.25) is 5.02 Å².